The van der Waals surface area contributed by atoms with Crippen LogP contribution in [0.15, 0.2) is 11.5 Å². The van der Waals surface area contributed by atoms with Gasteiger partial charge in [0, 0.05) is 13.5 Å². The Balaban J connectivity index is 2.68. The summed E-state index contributed by atoms with van der Waals surface area (Å²) in [6, 6.07) is 0. The smallest absolute Gasteiger partial charge is 0.238 e. The monoisotopic (exact) mass is 186 g/mol. The van der Waals surface area contributed by atoms with Gasteiger partial charge in [0.05, 0.1) is 0 Å². The molecule has 1 aliphatic rings. The van der Waals surface area contributed by atoms with Crippen molar-refractivity contribution in [1.29, 1.82) is 0 Å². The number of hydrogen-bond donors (Lipinski definition) is 0. The molecule has 1 heterocycles. The summed E-state index contributed by atoms with van der Waals surface area (Å²) in [5, 5.41) is 0. The summed E-state index contributed by atoms with van der Waals surface area (Å²) >= 11 is 0. The van der Waals surface area contributed by atoms with Crippen LogP contribution in [-0.4, -0.2) is 25.8 Å². The lowest BCUT2D eigenvalue weighted by atomic mass is 10.3. The fourth-order valence-corrected chi connectivity index (χ4v) is 1.05. The number of Topliss-reactive ketones (excluding diaryl/α,β-unsaturated/α-hetero) is 1. The van der Waals surface area contributed by atoms with E-state index < -0.39 is 6.29 Å². The van der Waals surface area contributed by atoms with Crippen LogP contribution in [0.5, 0.6) is 0 Å². The lowest BCUT2D eigenvalue weighted by Gasteiger charge is -2.12. The molecule has 0 saturated heterocycles. The Morgan fingerprint density at radius 3 is 2.85 bits per heavy atom. The van der Waals surface area contributed by atoms with Gasteiger partial charge < -0.3 is 14.2 Å². The van der Waals surface area contributed by atoms with Gasteiger partial charge in [-0.2, -0.15) is 0 Å². The Kier molecular flexibility index (Phi) is 3.31. The molecule has 4 heteroatoms. The zero-order valence-electron chi connectivity index (χ0n) is 8.12. The van der Waals surface area contributed by atoms with Crippen molar-refractivity contribution in [2.75, 3.05) is 13.7 Å². The van der Waals surface area contributed by atoms with Crippen molar-refractivity contribution in [3.63, 3.8) is 0 Å². The van der Waals surface area contributed by atoms with E-state index in [2.05, 4.69) is 0 Å². The molecule has 0 amide bonds. The topological polar surface area (TPSA) is 44.8 Å². The summed E-state index contributed by atoms with van der Waals surface area (Å²) in [4.78, 5) is 11.2. The Labute approximate surface area is 77.5 Å². The summed E-state index contributed by atoms with van der Waals surface area (Å²) in [6.07, 6.45) is 0.250. The summed E-state index contributed by atoms with van der Waals surface area (Å²) in [5.74, 6) is 0.825. The van der Waals surface area contributed by atoms with Crippen LogP contribution in [0.3, 0.4) is 0 Å². The fourth-order valence-electron chi connectivity index (χ4n) is 1.05. The van der Waals surface area contributed by atoms with Crippen LogP contribution in [0.1, 0.15) is 20.3 Å². The van der Waals surface area contributed by atoms with E-state index in [4.69, 9.17) is 14.2 Å². The number of ether oxygens (including phenoxy) is 3. The standard InChI is InChI=1S/C9H14O4/c1-4-8-9(7(10)5-12-8)13-6(2)11-3/h6H,4-5H2,1-3H3. The maximum absolute atomic E-state index is 11.2. The van der Waals surface area contributed by atoms with E-state index in [0.717, 1.165) is 0 Å². The van der Waals surface area contributed by atoms with E-state index in [-0.39, 0.29) is 12.4 Å². The molecule has 1 rings (SSSR count). The predicted molar refractivity (Wildman–Crippen MR) is 45.8 cm³/mol. The van der Waals surface area contributed by atoms with Crippen LogP contribution in [0.2, 0.25) is 0 Å². The van der Waals surface area contributed by atoms with Crippen LogP contribution in [0.4, 0.5) is 0 Å². The third-order valence-corrected chi connectivity index (χ3v) is 1.82. The lowest BCUT2D eigenvalue weighted by molar-refractivity contribution is -0.127. The molecule has 4 nitrogen and oxygen atoms in total. The van der Waals surface area contributed by atoms with Crippen molar-refractivity contribution >= 4 is 5.78 Å². The van der Waals surface area contributed by atoms with Gasteiger partial charge in [-0.15, -0.1) is 0 Å². The van der Waals surface area contributed by atoms with E-state index in [1.807, 2.05) is 6.92 Å². The first-order chi connectivity index (χ1) is 6.19. The Morgan fingerprint density at radius 1 is 1.62 bits per heavy atom. The Hall–Kier alpha value is -1.03. The SMILES string of the molecule is CCC1=C(OC(C)OC)C(=O)CO1. The molecule has 0 saturated carbocycles. The molecule has 13 heavy (non-hydrogen) atoms. The average molecular weight is 186 g/mol. The number of methoxy groups -OCH3 is 1. The van der Waals surface area contributed by atoms with Gasteiger partial charge in [-0.1, -0.05) is 6.92 Å². The van der Waals surface area contributed by atoms with Crippen LogP contribution in [0.25, 0.3) is 0 Å². The minimum atomic E-state index is -0.415. The van der Waals surface area contributed by atoms with Gasteiger partial charge in [-0.3, -0.25) is 4.79 Å². The van der Waals surface area contributed by atoms with E-state index in [0.29, 0.717) is 17.9 Å². The van der Waals surface area contributed by atoms with Gasteiger partial charge in [0.25, 0.3) is 0 Å². The second-order valence-corrected chi connectivity index (χ2v) is 2.74. The second kappa shape index (κ2) is 4.28. The predicted octanol–water partition coefficient (Wildman–Crippen LogP) is 1.22. The summed E-state index contributed by atoms with van der Waals surface area (Å²) < 4.78 is 15.3. The molecule has 0 N–H and O–H groups in total. The maximum Gasteiger partial charge on any atom is 0.238 e. The number of ketones is 1. The third kappa shape index (κ3) is 2.21. The van der Waals surface area contributed by atoms with Crippen molar-refractivity contribution in [1.82, 2.24) is 0 Å². The molecule has 1 atom stereocenters. The average Bonchev–Trinajstić information content (AvgIpc) is 2.48. The van der Waals surface area contributed by atoms with Gasteiger partial charge >= 0.3 is 0 Å². The minimum Gasteiger partial charge on any atom is -0.486 e. The highest BCUT2D eigenvalue weighted by molar-refractivity contribution is 5.96. The molecule has 0 aliphatic carbocycles. The van der Waals surface area contributed by atoms with Crippen LogP contribution in [0, 0.1) is 0 Å². The quantitative estimate of drug-likeness (QED) is 0.619. The van der Waals surface area contributed by atoms with Crippen molar-refractivity contribution < 1.29 is 19.0 Å². The van der Waals surface area contributed by atoms with Crippen molar-refractivity contribution in [3.05, 3.63) is 11.5 Å². The number of allylic oxidation sites excluding steroid dienone is 1. The molecular weight excluding hydrogens is 172 g/mol. The summed E-state index contributed by atoms with van der Waals surface area (Å²) in [5.41, 5.74) is 0. The highest BCUT2D eigenvalue weighted by Crippen LogP contribution is 2.21. The number of carbonyl (C=O) groups is 1. The van der Waals surface area contributed by atoms with E-state index >= 15 is 0 Å². The van der Waals surface area contributed by atoms with E-state index in [9.17, 15) is 4.79 Å². The molecule has 0 radical (unpaired) electrons. The van der Waals surface area contributed by atoms with Gasteiger partial charge in [0.2, 0.25) is 11.5 Å². The minimum absolute atomic E-state index is 0.0922. The van der Waals surface area contributed by atoms with E-state index in [1.54, 1.807) is 6.92 Å². The van der Waals surface area contributed by atoms with Gasteiger partial charge in [0.15, 0.2) is 12.9 Å². The number of rotatable bonds is 4. The fraction of sp³-hybridized carbons (Fsp3) is 0.667. The molecule has 0 bridgehead atoms. The summed E-state index contributed by atoms with van der Waals surface area (Å²) in [7, 11) is 1.52. The molecule has 1 unspecified atom stereocenters. The molecule has 74 valence electrons. The first kappa shape index (κ1) is 10.1. The highest BCUT2D eigenvalue weighted by atomic mass is 16.7. The van der Waals surface area contributed by atoms with Gasteiger partial charge in [-0.25, -0.2) is 0 Å². The third-order valence-electron chi connectivity index (χ3n) is 1.82. The zero-order valence-corrected chi connectivity index (χ0v) is 8.12. The van der Waals surface area contributed by atoms with Crippen molar-refractivity contribution in [2.24, 2.45) is 0 Å². The number of hydrogen-bond acceptors (Lipinski definition) is 4. The molecule has 0 aromatic heterocycles. The second-order valence-electron chi connectivity index (χ2n) is 2.74. The molecule has 0 aromatic rings. The molecular formula is C9H14O4. The maximum atomic E-state index is 11.2. The van der Waals surface area contributed by atoms with Crippen LogP contribution >= 0.6 is 0 Å². The van der Waals surface area contributed by atoms with Crippen molar-refractivity contribution in [3.8, 4) is 0 Å². The highest BCUT2D eigenvalue weighted by Gasteiger charge is 2.26. The number of carbonyl (C=O) groups excluding carboxylic acids is 1. The lowest BCUT2D eigenvalue weighted by Crippen LogP contribution is -2.14. The zero-order chi connectivity index (χ0) is 9.84. The van der Waals surface area contributed by atoms with E-state index in [1.165, 1.54) is 7.11 Å². The molecule has 0 spiro atoms. The van der Waals surface area contributed by atoms with Crippen LogP contribution in [-0.2, 0) is 19.0 Å². The molecule has 0 aromatic carbocycles. The van der Waals surface area contributed by atoms with Gasteiger partial charge in [0.1, 0.15) is 5.76 Å². The first-order valence-corrected chi connectivity index (χ1v) is 4.27. The largest absolute Gasteiger partial charge is 0.486 e. The van der Waals surface area contributed by atoms with Gasteiger partial charge in [-0.05, 0) is 6.92 Å². The van der Waals surface area contributed by atoms with Crippen LogP contribution < -0.4 is 0 Å². The Bertz CT molecular complexity index is 232. The molecule has 1 aliphatic heterocycles. The van der Waals surface area contributed by atoms with Crippen molar-refractivity contribution in [2.45, 2.75) is 26.6 Å². The Morgan fingerprint density at radius 2 is 2.31 bits per heavy atom. The normalized spacial score (nSPS) is 18.8. The summed E-state index contributed by atoms with van der Waals surface area (Å²) in [6.45, 7) is 3.73. The molecule has 0 fully saturated rings. The first-order valence-electron chi connectivity index (χ1n) is 4.27.